The molecule has 1 atom stereocenters. The van der Waals surface area contributed by atoms with Gasteiger partial charge in [0, 0.05) is 26.8 Å². The fraction of sp³-hybridized carbons (Fsp3) is 0.600. The topological polar surface area (TPSA) is 71.8 Å². The van der Waals surface area contributed by atoms with E-state index >= 15 is 0 Å². The van der Waals surface area contributed by atoms with E-state index in [-0.39, 0.29) is 17.9 Å². The summed E-state index contributed by atoms with van der Waals surface area (Å²) in [4.78, 5) is 26.3. The molecule has 6 heteroatoms. The minimum Gasteiger partial charge on any atom is -0.472 e. The molecule has 1 unspecified atom stereocenters. The van der Waals surface area contributed by atoms with Crippen LogP contribution in [-0.4, -0.2) is 49.6 Å². The molecular weight excluding hydrogens is 272 g/mol. The van der Waals surface area contributed by atoms with Crippen LogP contribution in [0.5, 0.6) is 0 Å². The molecule has 0 bridgehead atoms. The van der Waals surface area contributed by atoms with Crippen molar-refractivity contribution >= 4 is 11.8 Å². The van der Waals surface area contributed by atoms with E-state index in [1.165, 1.54) is 12.5 Å². The van der Waals surface area contributed by atoms with Gasteiger partial charge in [0.1, 0.15) is 12.3 Å². The maximum absolute atomic E-state index is 12.4. The minimum atomic E-state index is -0.385. The second-order valence-electron chi connectivity index (χ2n) is 5.16. The Kier molecular flexibility index (Phi) is 5.80. The number of rotatable bonds is 6. The highest BCUT2D eigenvalue weighted by atomic mass is 16.5. The number of nitrogens with zero attached hydrogens (tertiary/aromatic N) is 1. The number of methoxy groups -OCH3 is 1. The van der Waals surface area contributed by atoms with Crippen molar-refractivity contribution in [1.82, 2.24) is 10.2 Å². The molecule has 21 heavy (non-hydrogen) atoms. The smallest absolute Gasteiger partial charge is 0.257 e. The summed E-state index contributed by atoms with van der Waals surface area (Å²) in [6.07, 6.45) is 6.26. The first-order chi connectivity index (χ1) is 10.2. The van der Waals surface area contributed by atoms with Crippen molar-refractivity contribution in [1.29, 1.82) is 0 Å². The molecule has 0 aliphatic carbocycles. The summed E-state index contributed by atoms with van der Waals surface area (Å²) in [6, 6.07) is 1.24. The second kappa shape index (κ2) is 7.83. The lowest BCUT2D eigenvalue weighted by Crippen LogP contribution is -2.52. The van der Waals surface area contributed by atoms with Gasteiger partial charge in [0.2, 0.25) is 5.91 Å². The Hall–Kier alpha value is -1.82. The van der Waals surface area contributed by atoms with Gasteiger partial charge in [-0.15, -0.1) is 0 Å². The zero-order valence-corrected chi connectivity index (χ0v) is 12.3. The van der Waals surface area contributed by atoms with E-state index in [1.54, 1.807) is 18.1 Å². The van der Waals surface area contributed by atoms with Crippen LogP contribution in [0.15, 0.2) is 23.0 Å². The van der Waals surface area contributed by atoms with Crippen LogP contribution < -0.4 is 5.32 Å². The van der Waals surface area contributed by atoms with Crippen LogP contribution in [0.2, 0.25) is 0 Å². The van der Waals surface area contributed by atoms with Gasteiger partial charge in [-0.05, 0) is 31.7 Å². The molecular formula is C15H22N2O4. The van der Waals surface area contributed by atoms with Crippen LogP contribution >= 0.6 is 0 Å². The van der Waals surface area contributed by atoms with Crippen molar-refractivity contribution in [3.63, 3.8) is 0 Å². The molecule has 1 aliphatic heterocycles. The molecule has 1 aromatic heterocycles. The van der Waals surface area contributed by atoms with Crippen molar-refractivity contribution in [3.05, 3.63) is 24.2 Å². The number of amides is 2. The van der Waals surface area contributed by atoms with E-state index in [0.29, 0.717) is 31.7 Å². The second-order valence-corrected chi connectivity index (χ2v) is 5.16. The van der Waals surface area contributed by atoms with Gasteiger partial charge in [0.05, 0.1) is 11.8 Å². The molecule has 0 radical (unpaired) electrons. The number of likely N-dealkylation sites (tertiary alicyclic amines) is 1. The summed E-state index contributed by atoms with van der Waals surface area (Å²) in [7, 11) is 1.63. The predicted octanol–water partition coefficient (Wildman–Crippen LogP) is 1.43. The van der Waals surface area contributed by atoms with E-state index < -0.39 is 0 Å². The van der Waals surface area contributed by atoms with Crippen LogP contribution in [-0.2, 0) is 9.53 Å². The van der Waals surface area contributed by atoms with Crippen LogP contribution in [0.25, 0.3) is 0 Å². The highest BCUT2D eigenvalue weighted by Gasteiger charge is 2.32. The van der Waals surface area contributed by atoms with Gasteiger partial charge in [-0.1, -0.05) is 0 Å². The minimum absolute atomic E-state index is 0.0809. The van der Waals surface area contributed by atoms with Gasteiger partial charge in [-0.25, -0.2) is 0 Å². The Morgan fingerprint density at radius 2 is 2.33 bits per heavy atom. The molecule has 0 aromatic carbocycles. The Morgan fingerprint density at radius 3 is 3.05 bits per heavy atom. The van der Waals surface area contributed by atoms with E-state index in [1.807, 2.05) is 0 Å². The zero-order chi connectivity index (χ0) is 15.1. The van der Waals surface area contributed by atoms with Crippen molar-refractivity contribution in [2.24, 2.45) is 0 Å². The van der Waals surface area contributed by atoms with Crippen LogP contribution in [0.1, 0.15) is 36.0 Å². The number of nitrogens with one attached hydrogen (secondary N) is 1. The number of hydrogen-bond acceptors (Lipinski definition) is 4. The standard InChI is InChI=1S/C15H22N2O4/c1-20-9-4-7-16-14(18)13-5-2-3-8-17(13)15(19)12-6-10-21-11-12/h6,10-11,13H,2-5,7-9H2,1H3,(H,16,18). The van der Waals surface area contributed by atoms with Crippen LogP contribution in [0, 0.1) is 0 Å². The van der Waals surface area contributed by atoms with Crippen molar-refractivity contribution in [2.45, 2.75) is 31.7 Å². The predicted molar refractivity (Wildman–Crippen MR) is 76.9 cm³/mol. The molecule has 1 fully saturated rings. The summed E-state index contributed by atoms with van der Waals surface area (Å²) in [6.45, 7) is 1.79. The molecule has 1 aliphatic rings. The van der Waals surface area contributed by atoms with Crippen molar-refractivity contribution in [3.8, 4) is 0 Å². The summed E-state index contributed by atoms with van der Waals surface area (Å²) in [5.41, 5.74) is 0.495. The summed E-state index contributed by atoms with van der Waals surface area (Å²) >= 11 is 0. The van der Waals surface area contributed by atoms with Gasteiger partial charge in [-0.3, -0.25) is 9.59 Å². The molecule has 116 valence electrons. The number of furan rings is 1. The van der Waals surface area contributed by atoms with Gasteiger partial charge in [-0.2, -0.15) is 0 Å². The monoisotopic (exact) mass is 294 g/mol. The SMILES string of the molecule is COCCCNC(=O)C1CCCCN1C(=O)c1ccoc1. The van der Waals surface area contributed by atoms with E-state index in [2.05, 4.69) is 5.32 Å². The third-order valence-electron chi connectivity index (χ3n) is 3.66. The fourth-order valence-corrected chi connectivity index (χ4v) is 2.55. The van der Waals surface area contributed by atoms with E-state index in [4.69, 9.17) is 9.15 Å². The molecule has 1 saturated heterocycles. The van der Waals surface area contributed by atoms with E-state index in [9.17, 15) is 9.59 Å². The van der Waals surface area contributed by atoms with Gasteiger partial charge in [0.15, 0.2) is 0 Å². The highest BCUT2D eigenvalue weighted by Crippen LogP contribution is 2.20. The molecule has 0 saturated carbocycles. The fourth-order valence-electron chi connectivity index (χ4n) is 2.55. The molecule has 1 aromatic rings. The number of ether oxygens (including phenoxy) is 1. The average Bonchev–Trinajstić information content (AvgIpc) is 3.05. The van der Waals surface area contributed by atoms with Gasteiger partial charge < -0.3 is 19.4 Å². The van der Waals surface area contributed by atoms with Gasteiger partial charge >= 0.3 is 0 Å². The maximum atomic E-state index is 12.4. The normalized spacial score (nSPS) is 18.5. The van der Waals surface area contributed by atoms with E-state index in [0.717, 1.165) is 19.3 Å². The summed E-state index contributed by atoms with van der Waals surface area (Å²) in [5.74, 6) is -0.219. The third kappa shape index (κ3) is 4.07. The Balaban J connectivity index is 1.95. The summed E-state index contributed by atoms with van der Waals surface area (Å²) in [5, 5.41) is 2.88. The number of carbonyl (C=O) groups excluding carboxylic acids is 2. The lowest BCUT2D eigenvalue weighted by molar-refractivity contribution is -0.126. The van der Waals surface area contributed by atoms with Gasteiger partial charge in [0.25, 0.3) is 5.91 Å². The lowest BCUT2D eigenvalue weighted by Gasteiger charge is -2.34. The Morgan fingerprint density at radius 1 is 1.48 bits per heavy atom. The molecule has 2 heterocycles. The lowest BCUT2D eigenvalue weighted by atomic mass is 10.0. The van der Waals surface area contributed by atoms with Crippen LogP contribution in [0.4, 0.5) is 0 Å². The average molecular weight is 294 g/mol. The largest absolute Gasteiger partial charge is 0.472 e. The first-order valence-electron chi connectivity index (χ1n) is 7.34. The Bertz CT molecular complexity index is 458. The van der Waals surface area contributed by atoms with Crippen molar-refractivity contribution < 1.29 is 18.7 Å². The number of carbonyl (C=O) groups is 2. The Labute approximate surface area is 124 Å². The first kappa shape index (κ1) is 15.6. The molecule has 6 nitrogen and oxygen atoms in total. The quantitative estimate of drug-likeness (QED) is 0.806. The molecule has 2 amide bonds. The van der Waals surface area contributed by atoms with Crippen molar-refractivity contribution in [2.75, 3.05) is 26.8 Å². The molecule has 0 spiro atoms. The molecule has 1 N–H and O–H groups in total. The summed E-state index contributed by atoms with van der Waals surface area (Å²) < 4.78 is 9.90. The first-order valence-corrected chi connectivity index (χ1v) is 7.34. The molecule has 2 rings (SSSR count). The number of piperidine rings is 1. The van der Waals surface area contributed by atoms with Crippen LogP contribution in [0.3, 0.4) is 0 Å². The zero-order valence-electron chi connectivity index (χ0n) is 12.3. The maximum Gasteiger partial charge on any atom is 0.257 e. The highest BCUT2D eigenvalue weighted by molar-refractivity contribution is 5.97. The third-order valence-corrected chi connectivity index (χ3v) is 3.66. The number of hydrogen-bond donors (Lipinski definition) is 1.